The van der Waals surface area contributed by atoms with Crippen LogP contribution >= 0.6 is 11.3 Å². The van der Waals surface area contributed by atoms with Gasteiger partial charge in [-0.3, -0.25) is 4.90 Å². The maximum atomic E-state index is 9.68. The van der Waals surface area contributed by atoms with E-state index in [1.807, 2.05) is 12.1 Å². The van der Waals surface area contributed by atoms with Gasteiger partial charge in [-0.15, -0.1) is 11.3 Å². The molecule has 1 aromatic carbocycles. The molecule has 4 nitrogen and oxygen atoms in total. The predicted octanol–water partition coefficient (Wildman–Crippen LogP) is 3.50. The molecular formula is C16H20N2O2S. The summed E-state index contributed by atoms with van der Waals surface area (Å²) in [7, 11) is 1.58. The lowest BCUT2D eigenvalue weighted by atomic mass is 10.1. The van der Waals surface area contributed by atoms with Gasteiger partial charge in [0.15, 0.2) is 11.5 Å². The lowest BCUT2D eigenvalue weighted by Gasteiger charge is -2.23. The smallest absolute Gasteiger partial charge is 0.160 e. The highest BCUT2D eigenvalue weighted by Crippen LogP contribution is 2.34. The van der Waals surface area contributed by atoms with Crippen LogP contribution in [0.2, 0.25) is 0 Å². The number of hydrogen-bond donors (Lipinski definition) is 1. The van der Waals surface area contributed by atoms with Gasteiger partial charge in [-0.25, -0.2) is 4.98 Å². The number of hydrogen-bond acceptors (Lipinski definition) is 5. The molecular weight excluding hydrogens is 284 g/mol. The van der Waals surface area contributed by atoms with Crippen molar-refractivity contribution in [3.05, 3.63) is 39.8 Å². The number of aromatic hydroxyl groups is 1. The molecule has 1 aliphatic heterocycles. The van der Waals surface area contributed by atoms with Crippen molar-refractivity contribution >= 4 is 11.3 Å². The fourth-order valence-corrected chi connectivity index (χ4v) is 3.60. The van der Waals surface area contributed by atoms with Crippen molar-refractivity contribution in [3.63, 3.8) is 0 Å². The van der Waals surface area contributed by atoms with E-state index in [-0.39, 0.29) is 5.75 Å². The van der Waals surface area contributed by atoms with E-state index in [9.17, 15) is 5.11 Å². The minimum Gasteiger partial charge on any atom is -0.504 e. The number of likely N-dealkylation sites (tertiary alicyclic amines) is 1. The number of phenols is 1. The molecule has 21 heavy (non-hydrogen) atoms. The summed E-state index contributed by atoms with van der Waals surface area (Å²) in [5.41, 5.74) is 2.35. The standard InChI is InChI=1S/C16H20N2O2S/c1-11-17-13(10-21-11)14-4-3-7-18(14)9-12-5-6-15(19)16(8-12)20-2/h5-6,8,10,14,19H,3-4,7,9H2,1-2H3/t14-/m1/s1. The Balaban J connectivity index is 1.77. The summed E-state index contributed by atoms with van der Waals surface area (Å²) in [5, 5.41) is 13.0. The maximum absolute atomic E-state index is 9.68. The molecule has 0 radical (unpaired) electrons. The van der Waals surface area contributed by atoms with Gasteiger partial charge in [-0.05, 0) is 44.0 Å². The normalized spacial score (nSPS) is 19.0. The lowest BCUT2D eigenvalue weighted by Crippen LogP contribution is -2.23. The van der Waals surface area contributed by atoms with E-state index in [1.165, 1.54) is 18.5 Å². The highest BCUT2D eigenvalue weighted by molar-refractivity contribution is 7.09. The summed E-state index contributed by atoms with van der Waals surface area (Å²) in [5.74, 6) is 0.724. The third-order valence-electron chi connectivity index (χ3n) is 3.97. The van der Waals surface area contributed by atoms with Crippen LogP contribution in [0, 0.1) is 6.92 Å². The molecule has 1 aliphatic rings. The van der Waals surface area contributed by atoms with Gasteiger partial charge < -0.3 is 9.84 Å². The largest absolute Gasteiger partial charge is 0.504 e. The Morgan fingerprint density at radius 2 is 2.33 bits per heavy atom. The number of methoxy groups -OCH3 is 1. The topological polar surface area (TPSA) is 45.6 Å². The molecule has 1 saturated heterocycles. The highest BCUT2D eigenvalue weighted by Gasteiger charge is 2.27. The molecule has 0 unspecified atom stereocenters. The summed E-state index contributed by atoms with van der Waals surface area (Å²) in [6.07, 6.45) is 2.37. The number of nitrogens with zero attached hydrogens (tertiary/aromatic N) is 2. The number of aromatic nitrogens is 1. The molecule has 2 aromatic rings. The molecule has 1 aromatic heterocycles. The van der Waals surface area contributed by atoms with Crippen molar-refractivity contribution in [2.75, 3.05) is 13.7 Å². The van der Waals surface area contributed by atoms with E-state index in [0.717, 1.165) is 23.7 Å². The van der Waals surface area contributed by atoms with Crippen molar-refractivity contribution in [1.82, 2.24) is 9.88 Å². The van der Waals surface area contributed by atoms with E-state index >= 15 is 0 Å². The van der Waals surface area contributed by atoms with E-state index in [2.05, 4.69) is 22.2 Å². The van der Waals surface area contributed by atoms with Gasteiger partial charge in [0.2, 0.25) is 0 Å². The molecule has 0 spiro atoms. The molecule has 112 valence electrons. The maximum Gasteiger partial charge on any atom is 0.160 e. The first-order valence-electron chi connectivity index (χ1n) is 7.19. The van der Waals surface area contributed by atoms with Gasteiger partial charge in [0.05, 0.1) is 23.9 Å². The van der Waals surface area contributed by atoms with Crippen molar-refractivity contribution in [3.8, 4) is 11.5 Å². The third-order valence-corrected chi connectivity index (χ3v) is 4.76. The average molecular weight is 304 g/mol. The zero-order valence-corrected chi connectivity index (χ0v) is 13.2. The lowest BCUT2D eigenvalue weighted by molar-refractivity contribution is 0.244. The van der Waals surface area contributed by atoms with Gasteiger partial charge in [0, 0.05) is 11.9 Å². The van der Waals surface area contributed by atoms with Crippen molar-refractivity contribution in [1.29, 1.82) is 0 Å². The van der Waals surface area contributed by atoms with Crippen LogP contribution in [0.5, 0.6) is 11.5 Å². The number of benzene rings is 1. The number of ether oxygens (including phenoxy) is 1. The monoisotopic (exact) mass is 304 g/mol. The second-order valence-corrected chi connectivity index (χ2v) is 6.49. The second kappa shape index (κ2) is 6.03. The van der Waals surface area contributed by atoms with Gasteiger partial charge in [0.1, 0.15) is 0 Å². The Hall–Kier alpha value is -1.59. The average Bonchev–Trinajstić information content (AvgIpc) is 3.09. The molecule has 0 bridgehead atoms. The Labute approximate surface area is 129 Å². The zero-order chi connectivity index (χ0) is 14.8. The number of rotatable bonds is 4. The Morgan fingerprint density at radius 1 is 1.48 bits per heavy atom. The minimum atomic E-state index is 0.189. The SMILES string of the molecule is COc1cc(CN2CCC[C@@H]2c2csc(C)n2)ccc1O. The van der Waals surface area contributed by atoms with Crippen molar-refractivity contribution < 1.29 is 9.84 Å². The summed E-state index contributed by atoms with van der Waals surface area (Å²) >= 11 is 1.72. The van der Waals surface area contributed by atoms with Crippen LogP contribution in [0.4, 0.5) is 0 Å². The molecule has 3 rings (SSSR count). The Morgan fingerprint density at radius 3 is 3.05 bits per heavy atom. The first-order chi connectivity index (χ1) is 10.2. The van der Waals surface area contributed by atoms with E-state index in [4.69, 9.17) is 4.74 Å². The molecule has 0 amide bonds. The molecule has 1 N–H and O–H groups in total. The number of aryl methyl sites for hydroxylation is 1. The van der Waals surface area contributed by atoms with E-state index in [1.54, 1.807) is 24.5 Å². The number of phenolic OH excluding ortho intramolecular Hbond substituents is 1. The van der Waals surface area contributed by atoms with E-state index in [0.29, 0.717) is 11.8 Å². The quantitative estimate of drug-likeness (QED) is 0.939. The first kappa shape index (κ1) is 14.4. The van der Waals surface area contributed by atoms with Crippen LogP contribution in [-0.4, -0.2) is 28.6 Å². The van der Waals surface area contributed by atoms with Gasteiger partial charge in [0.25, 0.3) is 0 Å². The van der Waals surface area contributed by atoms with Gasteiger partial charge in [-0.1, -0.05) is 6.07 Å². The summed E-state index contributed by atoms with van der Waals surface area (Å²) in [4.78, 5) is 7.10. The van der Waals surface area contributed by atoms with Crippen LogP contribution < -0.4 is 4.74 Å². The molecule has 2 heterocycles. The molecule has 1 fully saturated rings. The van der Waals surface area contributed by atoms with Crippen LogP contribution in [0.25, 0.3) is 0 Å². The fraction of sp³-hybridized carbons (Fsp3) is 0.438. The summed E-state index contributed by atoms with van der Waals surface area (Å²) < 4.78 is 5.19. The van der Waals surface area contributed by atoms with Crippen LogP contribution in [0.15, 0.2) is 23.6 Å². The highest BCUT2D eigenvalue weighted by atomic mass is 32.1. The fourth-order valence-electron chi connectivity index (χ4n) is 2.94. The van der Waals surface area contributed by atoms with Crippen molar-refractivity contribution in [2.24, 2.45) is 0 Å². The zero-order valence-electron chi connectivity index (χ0n) is 12.4. The van der Waals surface area contributed by atoms with Crippen LogP contribution in [-0.2, 0) is 6.54 Å². The molecule has 1 atom stereocenters. The molecule has 0 saturated carbocycles. The van der Waals surface area contributed by atoms with Crippen LogP contribution in [0.3, 0.4) is 0 Å². The van der Waals surface area contributed by atoms with Crippen LogP contribution in [0.1, 0.15) is 35.1 Å². The summed E-state index contributed by atoms with van der Waals surface area (Å²) in [6, 6.07) is 5.98. The Kier molecular flexibility index (Phi) is 4.12. The summed E-state index contributed by atoms with van der Waals surface area (Å²) in [6.45, 7) is 4.00. The number of thiazole rings is 1. The van der Waals surface area contributed by atoms with Crippen molar-refractivity contribution in [2.45, 2.75) is 32.4 Å². The van der Waals surface area contributed by atoms with Gasteiger partial charge in [-0.2, -0.15) is 0 Å². The second-order valence-electron chi connectivity index (χ2n) is 5.43. The molecule has 5 heteroatoms. The minimum absolute atomic E-state index is 0.189. The first-order valence-corrected chi connectivity index (χ1v) is 8.07. The predicted molar refractivity (Wildman–Crippen MR) is 83.9 cm³/mol. The molecule has 0 aliphatic carbocycles. The third kappa shape index (κ3) is 3.04. The van der Waals surface area contributed by atoms with E-state index < -0.39 is 0 Å². The van der Waals surface area contributed by atoms with Gasteiger partial charge >= 0.3 is 0 Å². The Bertz CT molecular complexity index is 626.